The molecule has 4 fully saturated rings. The average molecular weight is 181 g/mol. The fraction of sp³-hybridized carbons (Fsp3) is 0.900. The SMILES string of the molecule is O/N=C1\C2CC3CC(C2)CC1(O)C3. The molecule has 0 aromatic rings. The Hall–Kier alpha value is -0.570. The van der Waals surface area contributed by atoms with Crippen molar-refractivity contribution in [3.05, 3.63) is 0 Å². The Balaban J connectivity index is 2.03. The van der Waals surface area contributed by atoms with Gasteiger partial charge in [-0.3, -0.25) is 0 Å². The van der Waals surface area contributed by atoms with Crippen LogP contribution in [0.4, 0.5) is 0 Å². The van der Waals surface area contributed by atoms with E-state index in [1.807, 2.05) is 0 Å². The van der Waals surface area contributed by atoms with Crippen LogP contribution >= 0.6 is 0 Å². The minimum Gasteiger partial charge on any atom is -0.411 e. The van der Waals surface area contributed by atoms with Crippen LogP contribution in [-0.2, 0) is 0 Å². The summed E-state index contributed by atoms with van der Waals surface area (Å²) in [6, 6.07) is 0. The highest BCUT2D eigenvalue weighted by atomic mass is 16.4. The first-order chi connectivity index (χ1) is 6.21. The molecule has 0 saturated heterocycles. The third-order valence-electron chi connectivity index (χ3n) is 4.13. The number of oxime groups is 1. The minimum atomic E-state index is -0.733. The van der Waals surface area contributed by atoms with E-state index in [0.29, 0.717) is 23.5 Å². The van der Waals surface area contributed by atoms with Crippen LogP contribution in [0.15, 0.2) is 5.16 Å². The molecule has 4 saturated carbocycles. The van der Waals surface area contributed by atoms with Gasteiger partial charge in [0, 0.05) is 5.92 Å². The second-order valence-electron chi connectivity index (χ2n) is 5.06. The second-order valence-corrected chi connectivity index (χ2v) is 5.06. The lowest BCUT2D eigenvalue weighted by Crippen LogP contribution is -2.57. The number of hydrogen-bond acceptors (Lipinski definition) is 3. The Morgan fingerprint density at radius 1 is 1.15 bits per heavy atom. The van der Waals surface area contributed by atoms with Gasteiger partial charge in [0.25, 0.3) is 0 Å². The fourth-order valence-electron chi connectivity index (χ4n) is 3.92. The minimum absolute atomic E-state index is 0.376. The van der Waals surface area contributed by atoms with Crippen molar-refractivity contribution in [1.29, 1.82) is 0 Å². The molecule has 13 heavy (non-hydrogen) atoms. The van der Waals surface area contributed by atoms with Gasteiger partial charge in [-0.1, -0.05) is 5.16 Å². The first-order valence-corrected chi connectivity index (χ1v) is 5.16. The van der Waals surface area contributed by atoms with Crippen LogP contribution in [0.1, 0.15) is 32.1 Å². The Morgan fingerprint density at radius 2 is 1.77 bits per heavy atom. The maximum absolute atomic E-state index is 10.3. The standard InChI is InChI=1S/C10H15NO2/c12-10-4-6-1-7(5-10)3-8(2-6)9(10)11-13/h6-8,12-13H,1-5H2/b11-9+. The molecule has 4 rings (SSSR count). The molecule has 2 N–H and O–H groups in total. The van der Waals surface area contributed by atoms with Gasteiger partial charge in [0.1, 0.15) is 5.60 Å². The fourth-order valence-corrected chi connectivity index (χ4v) is 3.92. The predicted octanol–water partition coefficient (Wildman–Crippen LogP) is 1.39. The summed E-state index contributed by atoms with van der Waals surface area (Å²) in [5, 5.41) is 22.5. The smallest absolute Gasteiger partial charge is 0.107 e. The molecule has 4 aliphatic rings. The lowest BCUT2D eigenvalue weighted by Gasteiger charge is -2.54. The van der Waals surface area contributed by atoms with Crippen molar-refractivity contribution in [3.63, 3.8) is 0 Å². The monoisotopic (exact) mass is 181 g/mol. The quantitative estimate of drug-likeness (QED) is 0.438. The highest BCUT2D eigenvalue weighted by molar-refractivity contribution is 5.95. The van der Waals surface area contributed by atoms with Crippen molar-refractivity contribution in [3.8, 4) is 0 Å². The third-order valence-corrected chi connectivity index (χ3v) is 4.13. The van der Waals surface area contributed by atoms with Crippen molar-refractivity contribution in [2.75, 3.05) is 0 Å². The summed E-state index contributed by atoms with van der Waals surface area (Å²) in [6.07, 6.45) is 5.23. The molecule has 3 nitrogen and oxygen atoms in total. The average Bonchev–Trinajstić information content (AvgIpc) is 2.00. The molecule has 4 aliphatic carbocycles. The molecule has 0 aliphatic heterocycles. The van der Waals surface area contributed by atoms with Gasteiger partial charge in [0.2, 0.25) is 0 Å². The van der Waals surface area contributed by atoms with Gasteiger partial charge in [0.05, 0.1) is 5.71 Å². The molecular weight excluding hydrogens is 166 g/mol. The molecule has 72 valence electrons. The van der Waals surface area contributed by atoms with E-state index in [1.165, 1.54) is 6.42 Å². The molecule has 0 aromatic heterocycles. The summed E-state index contributed by atoms with van der Waals surface area (Å²) < 4.78 is 0. The van der Waals surface area contributed by atoms with Crippen LogP contribution in [0.2, 0.25) is 0 Å². The predicted molar refractivity (Wildman–Crippen MR) is 47.7 cm³/mol. The highest BCUT2D eigenvalue weighted by Crippen LogP contribution is 2.54. The molecule has 2 unspecified atom stereocenters. The van der Waals surface area contributed by atoms with Gasteiger partial charge < -0.3 is 10.3 Å². The van der Waals surface area contributed by atoms with Crippen molar-refractivity contribution < 1.29 is 10.3 Å². The molecule has 4 bridgehead atoms. The Morgan fingerprint density at radius 3 is 2.23 bits per heavy atom. The van der Waals surface area contributed by atoms with Gasteiger partial charge in [0.15, 0.2) is 0 Å². The van der Waals surface area contributed by atoms with E-state index >= 15 is 0 Å². The molecule has 0 radical (unpaired) electrons. The number of hydrogen-bond donors (Lipinski definition) is 2. The molecule has 3 heteroatoms. The third kappa shape index (κ3) is 0.909. The lowest BCUT2D eigenvalue weighted by molar-refractivity contribution is -0.0398. The van der Waals surface area contributed by atoms with Gasteiger partial charge in [-0.05, 0) is 43.9 Å². The molecular formula is C10H15NO2. The van der Waals surface area contributed by atoms with E-state index in [0.717, 1.165) is 25.7 Å². The summed E-state index contributed by atoms with van der Waals surface area (Å²) in [6.45, 7) is 0. The van der Waals surface area contributed by atoms with Crippen LogP contribution in [-0.4, -0.2) is 21.6 Å². The number of aliphatic hydroxyl groups is 1. The van der Waals surface area contributed by atoms with Crippen molar-refractivity contribution >= 4 is 5.71 Å². The van der Waals surface area contributed by atoms with E-state index in [4.69, 9.17) is 5.21 Å². The van der Waals surface area contributed by atoms with Crippen LogP contribution in [0.3, 0.4) is 0 Å². The Labute approximate surface area is 77.4 Å². The van der Waals surface area contributed by atoms with Crippen LogP contribution < -0.4 is 0 Å². The topological polar surface area (TPSA) is 52.8 Å². The van der Waals surface area contributed by atoms with E-state index in [9.17, 15) is 5.11 Å². The summed E-state index contributed by atoms with van der Waals surface area (Å²) in [5.74, 6) is 1.75. The van der Waals surface area contributed by atoms with Gasteiger partial charge in [-0.25, -0.2) is 0 Å². The normalized spacial score (nSPS) is 56.1. The summed E-state index contributed by atoms with van der Waals surface area (Å²) in [5.41, 5.74) is -0.0524. The molecule has 2 atom stereocenters. The summed E-state index contributed by atoms with van der Waals surface area (Å²) in [4.78, 5) is 0. The largest absolute Gasteiger partial charge is 0.411 e. The summed E-state index contributed by atoms with van der Waals surface area (Å²) in [7, 11) is 0. The van der Waals surface area contributed by atoms with E-state index in [2.05, 4.69) is 5.16 Å². The van der Waals surface area contributed by atoms with Crippen molar-refractivity contribution in [2.24, 2.45) is 22.9 Å². The first kappa shape index (κ1) is 7.80. The Bertz CT molecular complexity index is 260. The maximum Gasteiger partial charge on any atom is 0.107 e. The van der Waals surface area contributed by atoms with Crippen molar-refractivity contribution in [1.82, 2.24) is 0 Å². The van der Waals surface area contributed by atoms with Crippen LogP contribution in [0.5, 0.6) is 0 Å². The lowest BCUT2D eigenvalue weighted by atomic mass is 9.53. The van der Waals surface area contributed by atoms with Crippen LogP contribution in [0.25, 0.3) is 0 Å². The van der Waals surface area contributed by atoms with Crippen LogP contribution in [0, 0.1) is 17.8 Å². The number of rotatable bonds is 0. The van der Waals surface area contributed by atoms with E-state index in [-0.39, 0.29) is 0 Å². The molecule has 0 heterocycles. The van der Waals surface area contributed by atoms with E-state index < -0.39 is 5.60 Å². The highest BCUT2D eigenvalue weighted by Gasteiger charge is 2.54. The first-order valence-electron chi connectivity index (χ1n) is 5.16. The zero-order valence-corrected chi connectivity index (χ0v) is 7.61. The van der Waals surface area contributed by atoms with Crippen molar-refractivity contribution in [2.45, 2.75) is 37.7 Å². The zero-order chi connectivity index (χ0) is 9.05. The second kappa shape index (κ2) is 2.27. The summed E-state index contributed by atoms with van der Waals surface area (Å²) >= 11 is 0. The molecule has 0 spiro atoms. The molecule has 0 amide bonds. The molecule has 0 aromatic carbocycles. The van der Waals surface area contributed by atoms with Gasteiger partial charge in [-0.15, -0.1) is 0 Å². The van der Waals surface area contributed by atoms with E-state index in [1.54, 1.807) is 0 Å². The number of nitrogens with zero attached hydrogens (tertiary/aromatic N) is 1. The van der Waals surface area contributed by atoms with Gasteiger partial charge >= 0.3 is 0 Å². The van der Waals surface area contributed by atoms with Gasteiger partial charge in [-0.2, -0.15) is 0 Å². The Kier molecular flexibility index (Phi) is 1.36. The maximum atomic E-state index is 10.3. The zero-order valence-electron chi connectivity index (χ0n) is 7.61.